The molecule has 1 N–H and O–H groups in total. The summed E-state index contributed by atoms with van der Waals surface area (Å²) in [6.07, 6.45) is 10.5. The third kappa shape index (κ3) is 3.25. The molecular formula is C15H28O3. The maximum Gasteiger partial charge on any atom is 0.0575 e. The van der Waals surface area contributed by atoms with Crippen molar-refractivity contribution >= 4 is 0 Å². The van der Waals surface area contributed by atoms with Gasteiger partial charge in [0.1, 0.15) is 0 Å². The van der Waals surface area contributed by atoms with Crippen LogP contribution in [0.2, 0.25) is 0 Å². The first-order chi connectivity index (χ1) is 8.80. The van der Waals surface area contributed by atoms with E-state index in [1.807, 2.05) is 0 Å². The number of hydrogen-bond acceptors (Lipinski definition) is 3. The lowest BCUT2D eigenvalue weighted by Crippen LogP contribution is -2.45. The fourth-order valence-electron chi connectivity index (χ4n) is 3.32. The average Bonchev–Trinajstić information content (AvgIpc) is 2.37. The molecule has 2 fully saturated rings. The summed E-state index contributed by atoms with van der Waals surface area (Å²) in [5.74, 6) is 0.566. The molecule has 0 aromatic heterocycles. The van der Waals surface area contributed by atoms with Crippen LogP contribution in [0, 0.1) is 11.3 Å². The molecule has 2 saturated carbocycles. The van der Waals surface area contributed by atoms with E-state index in [1.54, 1.807) is 7.11 Å². The van der Waals surface area contributed by atoms with Crippen LogP contribution in [-0.4, -0.2) is 38.1 Å². The highest BCUT2D eigenvalue weighted by Crippen LogP contribution is 2.40. The fraction of sp³-hybridized carbons (Fsp3) is 1.00. The van der Waals surface area contributed by atoms with Gasteiger partial charge in [-0.1, -0.05) is 19.3 Å². The number of rotatable bonds is 7. The highest BCUT2D eigenvalue weighted by molar-refractivity contribution is 4.88. The summed E-state index contributed by atoms with van der Waals surface area (Å²) in [7, 11) is 1.73. The minimum absolute atomic E-state index is 0.162. The monoisotopic (exact) mass is 256 g/mol. The van der Waals surface area contributed by atoms with Crippen LogP contribution in [0.1, 0.15) is 51.4 Å². The van der Waals surface area contributed by atoms with Gasteiger partial charge in [-0.2, -0.15) is 0 Å². The van der Waals surface area contributed by atoms with Gasteiger partial charge in [0.25, 0.3) is 0 Å². The summed E-state index contributed by atoms with van der Waals surface area (Å²) in [5, 5.41) is 9.90. The minimum Gasteiger partial charge on any atom is -0.396 e. The first-order valence-corrected chi connectivity index (χ1v) is 7.52. The van der Waals surface area contributed by atoms with Gasteiger partial charge in [-0.05, 0) is 38.0 Å². The van der Waals surface area contributed by atoms with E-state index >= 15 is 0 Å². The summed E-state index contributed by atoms with van der Waals surface area (Å²) in [6, 6.07) is 0. The van der Waals surface area contributed by atoms with E-state index in [4.69, 9.17) is 9.47 Å². The Labute approximate surface area is 111 Å². The molecule has 0 saturated heterocycles. The topological polar surface area (TPSA) is 38.7 Å². The molecule has 0 amide bonds. The molecule has 2 aliphatic rings. The summed E-state index contributed by atoms with van der Waals surface area (Å²) in [4.78, 5) is 0. The van der Waals surface area contributed by atoms with E-state index in [0.29, 0.717) is 25.2 Å². The number of ether oxygens (including phenoxy) is 2. The molecule has 106 valence electrons. The second-order valence-electron chi connectivity index (χ2n) is 6.15. The summed E-state index contributed by atoms with van der Waals surface area (Å²) < 4.78 is 11.4. The van der Waals surface area contributed by atoms with Gasteiger partial charge in [-0.15, -0.1) is 0 Å². The van der Waals surface area contributed by atoms with E-state index in [9.17, 15) is 5.11 Å². The van der Waals surface area contributed by atoms with Crippen LogP contribution in [0.3, 0.4) is 0 Å². The van der Waals surface area contributed by atoms with Crippen molar-refractivity contribution in [1.82, 2.24) is 0 Å². The smallest absolute Gasteiger partial charge is 0.0575 e. The van der Waals surface area contributed by atoms with E-state index < -0.39 is 0 Å². The molecule has 0 bridgehead atoms. The second kappa shape index (κ2) is 6.88. The van der Waals surface area contributed by atoms with Crippen molar-refractivity contribution in [2.75, 3.05) is 26.9 Å². The Hall–Kier alpha value is -0.120. The SMILES string of the molecule is COCC(CO)(COC1CCC1)C1CCCCC1. The number of aliphatic hydroxyl groups is 1. The van der Waals surface area contributed by atoms with Crippen molar-refractivity contribution in [3.8, 4) is 0 Å². The average molecular weight is 256 g/mol. The summed E-state index contributed by atoms with van der Waals surface area (Å²) in [6.45, 7) is 1.49. The molecule has 2 aliphatic carbocycles. The van der Waals surface area contributed by atoms with Gasteiger partial charge in [0.15, 0.2) is 0 Å². The molecule has 0 aromatic rings. The molecule has 0 aromatic carbocycles. The van der Waals surface area contributed by atoms with Gasteiger partial charge >= 0.3 is 0 Å². The molecule has 1 atom stereocenters. The van der Waals surface area contributed by atoms with Crippen molar-refractivity contribution in [3.63, 3.8) is 0 Å². The van der Waals surface area contributed by atoms with E-state index in [-0.39, 0.29) is 12.0 Å². The molecule has 0 heterocycles. The van der Waals surface area contributed by atoms with Gasteiger partial charge in [0.2, 0.25) is 0 Å². The largest absolute Gasteiger partial charge is 0.396 e. The van der Waals surface area contributed by atoms with Crippen LogP contribution in [-0.2, 0) is 9.47 Å². The first kappa shape index (κ1) is 14.3. The van der Waals surface area contributed by atoms with Gasteiger partial charge in [0, 0.05) is 12.5 Å². The van der Waals surface area contributed by atoms with Crippen molar-refractivity contribution in [1.29, 1.82) is 0 Å². The Morgan fingerprint density at radius 2 is 1.72 bits per heavy atom. The molecule has 0 radical (unpaired) electrons. The molecule has 3 nitrogen and oxygen atoms in total. The zero-order valence-corrected chi connectivity index (χ0v) is 11.7. The Kier molecular flexibility index (Phi) is 5.46. The van der Waals surface area contributed by atoms with E-state index in [0.717, 1.165) is 0 Å². The van der Waals surface area contributed by atoms with Gasteiger partial charge in [-0.25, -0.2) is 0 Å². The Bertz CT molecular complexity index is 234. The molecule has 2 rings (SSSR count). The fourth-order valence-corrected chi connectivity index (χ4v) is 3.32. The molecule has 3 heteroatoms. The lowest BCUT2D eigenvalue weighted by molar-refractivity contribution is -0.114. The quantitative estimate of drug-likeness (QED) is 0.761. The molecular weight excluding hydrogens is 228 g/mol. The molecule has 18 heavy (non-hydrogen) atoms. The van der Waals surface area contributed by atoms with Crippen LogP contribution >= 0.6 is 0 Å². The maximum absolute atomic E-state index is 9.90. The van der Waals surface area contributed by atoms with Crippen molar-refractivity contribution in [2.24, 2.45) is 11.3 Å². The lowest BCUT2D eigenvalue weighted by atomic mass is 9.70. The highest BCUT2D eigenvalue weighted by Gasteiger charge is 2.40. The van der Waals surface area contributed by atoms with Crippen LogP contribution in [0.25, 0.3) is 0 Å². The van der Waals surface area contributed by atoms with Crippen LogP contribution in [0.15, 0.2) is 0 Å². The van der Waals surface area contributed by atoms with Crippen LogP contribution in [0.4, 0.5) is 0 Å². The highest BCUT2D eigenvalue weighted by atomic mass is 16.5. The van der Waals surface area contributed by atoms with E-state index in [2.05, 4.69) is 0 Å². The predicted molar refractivity (Wildman–Crippen MR) is 71.6 cm³/mol. The first-order valence-electron chi connectivity index (χ1n) is 7.52. The Balaban J connectivity index is 1.94. The van der Waals surface area contributed by atoms with Gasteiger partial charge in [0.05, 0.1) is 25.9 Å². The van der Waals surface area contributed by atoms with Gasteiger partial charge in [-0.3, -0.25) is 0 Å². The molecule has 1 unspecified atom stereocenters. The zero-order chi connectivity index (χ0) is 12.8. The Morgan fingerprint density at radius 3 is 2.22 bits per heavy atom. The number of methoxy groups -OCH3 is 1. The number of hydrogen-bond donors (Lipinski definition) is 1. The predicted octanol–water partition coefficient (Wildman–Crippen LogP) is 2.76. The van der Waals surface area contributed by atoms with Crippen molar-refractivity contribution in [2.45, 2.75) is 57.5 Å². The third-order valence-electron chi connectivity index (χ3n) is 4.88. The standard InChI is InChI=1S/C15H28O3/c1-17-11-15(10-16,12-18-14-8-5-9-14)13-6-3-2-4-7-13/h13-14,16H,2-12H2,1H3. The second-order valence-corrected chi connectivity index (χ2v) is 6.15. The lowest BCUT2D eigenvalue weighted by Gasteiger charge is -2.42. The molecule has 0 spiro atoms. The van der Waals surface area contributed by atoms with Crippen LogP contribution in [0.5, 0.6) is 0 Å². The molecule has 0 aliphatic heterocycles. The van der Waals surface area contributed by atoms with Gasteiger partial charge < -0.3 is 14.6 Å². The Morgan fingerprint density at radius 1 is 1.00 bits per heavy atom. The summed E-state index contributed by atoms with van der Waals surface area (Å²) >= 11 is 0. The van der Waals surface area contributed by atoms with Crippen LogP contribution < -0.4 is 0 Å². The normalized spacial score (nSPS) is 25.7. The van der Waals surface area contributed by atoms with Crippen molar-refractivity contribution in [3.05, 3.63) is 0 Å². The number of aliphatic hydroxyl groups excluding tert-OH is 1. The van der Waals surface area contributed by atoms with Crippen molar-refractivity contribution < 1.29 is 14.6 Å². The van der Waals surface area contributed by atoms with E-state index in [1.165, 1.54) is 51.4 Å². The maximum atomic E-state index is 9.90. The zero-order valence-electron chi connectivity index (χ0n) is 11.7. The third-order valence-corrected chi connectivity index (χ3v) is 4.88. The minimum atomic E-state index is -0.162. The summed E-state index contributed by atoms with van der Waals surface area (Å²) in [5.41, 5.74) is -0.162.